The van der Waals surface area contributed by atoms with Crippen LogP contribution in [0.15, 0.2) is 0 Å². The number of rotatable bonds is 4. The number of anilines is 1. The molecule has 3 heterocycles. The van der Waals surface area contributed by atoms with Crippen molar-refractivity contribution < 1.29 is 14.3 Å². The summed E-state index contributed by atoms with van der Waals surface area (Å²) in [5.41, 5.74) is 7.57. The number of amides is 1. The molecule has 0 saturated carbocycles. The highest BCUT2D eigenvalue weighted by Crippen LogP contribution is 2.37. The van der Waals surface area contributed by atoms with Crippen molar-refractivity contribution in [3.05, 3.63) is 16.3 Å². The van der Waals surface area contributed by atoms with Crippen molar-refractivity contribution in [3.63, 3.8) is 0 Å². The Morgan fingerprint density at radius 3 is 2.86 bits per heavy atom. The average Bonchev–Trinajstić information content (AvgIpc) is 2.93. The number of aryl methyl sites for hydroxylation is 2. The minimum absolute atomic E-state index is 0.0137. The Kier molecular flexibility index (Phi) is 5.99. The van der Waals surface area contributed by atoms with Crippen molar-refractivity contribution in [2.24, 2.45) is 5.92 Å². The first-order valence-corrected chi connectivity index (χ1v) is 11.4. The Labute approximate surface area is 174 Å². The predicted molar refractivity (Wildman–Crippen MR) is 112 cm³/mol. The zero-order chi connectivity index (χ0) is 20.4. The lowest BCUT2D eigenvalue weighted by Crippen LogP contribution is -2.42. The van der Waals surface area contributed by atoms with Gasteiger partial charge in [-0.25, -0.2) is 9.97 Å². The molecule has 0 bridgehead atoms. The number of hydrogen-bond acceptors (Lipinski definition) is 7. The summed E-state index contributed by atoms with van der Waals surface area (Å²) in [6.07, 6.45) is 7.77. The number of fused-ring (bicyclic) bond motifs is 3. The molecule has 1 amide bonds. The molecule has 4 rings (SSSR count). The number of hydrogen-bond donors (Lipinski definition) is 1. The second kappa shape index (κ2) is 8.65. The molecule has 2 N–H and O–H groups in total. The number of nitrogens with zero attached hydrogens (tertiary/aromatic N) is 3. The van der Waals surface area contributed by atoms with E-state index in [0.717, 1.165) is 42.4 Å². The standard InChI is InChI=1S/C21H28N4O3S/c1-2-17(26)25-10-6-7-13(11-25)21(27)28-12-16-23-19(22)18-14-8-4-3-5-9-15(14)29-20(18)24-16/h13H,2-12H2,1H3,(H2,22,23,24). The molecule has 29 heavy (non-hydrogen) atoms. The molecule has 1 saturated heterocycles. The lowest BCUT2D eigenvalue weighted by atomic mass is 9.98. The molecule has 2 aromatic heterocycles. The van der Waals surface area contributed by atoms with Crippen LogP contribution in [0.25, 0.3) is 10.2 Å². The average molecular weight is 417 g/mol. The van der Waals surface area contributed by atoms with Crippen LogP contribution in [-0.4, -0.2) is 39.8 Å². The number of esters is 1. The van der Waals surface area contributed by atoms with E-state index in [4.69, 9.17) is 10.5 Å². The van der Waals surface area contributed by atoms with Gasteiger partial charge >= 0.3 is 5.97 Å². The van der Waals surface area contributed by atoms with Crippen LogP contribution in [0.5, 0.6) is 0 Å². The van der Waals surface area contributed by atoms with Crippen molar-refractivity contribution in [1.82, 2.24) is 14.9 Å². The number of aromatic nitrogens is 2. The third-order valence-corrected chi connectivity index (χ3v) is 7.08. The first kappa shape index (κ1) is 20.1. The van der Waals surface area contributed by atoms with Gasteiger partial charge in [0.2, 0.25) is 5.91 Å². The van der Waals surface area contributed by atoms with E-state index in [0.29, 0.717) is 24.6 Å². The molecule has 0 spiro atoms. The molecule has 156 valence electrons. The first-order chi connectivity index (χ1) is 14.1. The van der Waals surface area contributed by atoms with Crippen LogP contribution < -0.4 is 5.73 Å². The summed E-state index contributed by atoms with van der Waals surface area (Å²) in [7, 11) is 0. The molecule has 1 fully saturated rings. The molecule has 2 aliphatic rings. The van der Waals surface area contributed by atoms with Gasteiger partial charge in [0.25, 0.3) is 0 Å². The molecule has 8 heteroatoms. The molecule has 0 aromatic carbocycles. The summed E-state index contributed by atoms with van der Waals surface area (Å²) >= 11 is 1.69. The van der Waals surface area contributed by atoms with Crippen LogP contribution in [-0.2, 0) is 33.8 Å². The summed E-state index contributed by atoms with van der Waals surface area (Å²) in [5.74, 6) is 0.442. The molecule has 1 atom stereocenters. The number of nitrogen functional groups attached to an aromatic ring is 1. The van der Waals surface area contributed by atoms with Gasteiger partial charge in [0.1, 0.15) is 10.6 Å². The number of carbonyl (C=O) groups excluding carboxylic acids is 2. The minimum Gasteiger partial charge on any atom is -0.457 e. The number of ether oxygens (including phenoxy) is 1. The maximum Gasteiger partial charge on any atom is 0.311 e. The maximum atomic E-state index is 12.5. The van der Waals surface area contributed by atoms with Crippen LogP contribution in [0.4, 0.5) is 5.82 Å². The third kappa shape index (κ3) is 4.22. The van der Waals surface area contributed by atoms with Gasteiger partial charge in [-0.1, -0.05) is 13.3 Å². The summed E-state index contributed by atoms with van der Waals surface area (Å²) < 4.78 is 5.50. The van der Waals surface area contributed by atoms with E-state index in [2.05, 4.69) is 9.97 Å². The second-order valence-electron chi connectivity index (χ2n) is 7.91. The van der Waals surface area contributed by atoms with Gasteiger partial charge in [-0.15, -0.1) is 11.3 Å². The van der Waals surface area contributed by atoms with Gasteiger partial charge in [0.15, 0.2) is 12.4 Å². The third-order valence-electron chi connectivity index (χ3n) is 5.89. The Balaban J connectivity index is 1.44. The van der Waals surface area contributed by atoms with Gasteiger partial charge in [-0.3, -0.25) is 9.59 Å². The summed E-state index contributed by atoms with van der Waals surface area (Å²) in [5, 5.41) is 0.989. The normalized spacial score (nSPS) is 19.6. The first-order valence-electron chi connectivity index (χ1n) is 10.6. The van der Waals surface area contributed by atoms with E-state index in [9.17, 15) is 9.59 Å². The zero-order valence-corrected chi connectivity index (χ0v) is 17.7. The molecular weight excluding hydrogens is 388 g/mol. The number of nitrogens with two attached hydrogens (primary N) is 1. The van der Waals surface area contributed by atoms with Gasteiger partial charge in [-0.05, 0) is 44.1 Å². The van der Waals surface area contributed by atoms with Crippen LogP contribution in [0.1, 0.15) is 61.7 Å². The number of thiophene rings is 1. The topological polar surface area (TPSA) is 98.4 Å². The van der Waals surface area contributed by atoms with Crippen LogP contribution in [0.3, 0.4) is 0 Å². The van der Waals surface area contributed by atoms with E-state index in [1.807, 2.05) is 6.92 Å². The van der Waals surface area contributed by atoms with Crippen LogP contribution in [0.2, 0.25) is 0 Å². The minimum atomic E-state index is -0.289. The fourth-order valence-corrected chi connectivity index (χ4v) is 5.63. The van der Waals surface area contributed by atoms with Crippen molar-refractivity contribution in [1.29, 1.82) is 0 Å². The van der Waals surface area contributed by atoms with Crippen molar-refractivity contribution in [2.75, 3.05) is 18.8 Å². The lowest BCUT2D eigenvalue weighted by Gasteiger charge is -2.31. The number of piperidine rings is 1. The molecular formula is C21H28N4O3S. The smallest absolute Gasteiger partial charge is 0.311 e. The maximum absolute atomic E-state index is 12.5. The van der Waals surface area contributed by atoms with Crippen molar-refractivity contribution >= 4 is 39.2 Å². The molecule has 7 nitrogen and oxygen atoms in total. The molecule has 1 aliphatic heterocycles. The van der Waals surface area contributed by atoms with E-state index >= 15 is 0 Å². The zero-order valence-electron chi connectivity index (χ0n) is 16.9. The van der Waals surface area contributed by atoms with E-state index in [1.54, 1.807) is 16.2 Å². The largest absolute Gasteiger partial charge is 0.457 e. The summed E-state index contributed by atoms with van der Waals surface area (Å²) in [4.78, 5) is 37.5. The van der Waals surface area contributed by atoms with Gasteiger partial charge in [0, 0.05) is 24.4 Å². The van der Waals surface area contributed by atoms with Crippen LogP contribution in [0, 0.1) is 5.92 Å². The summed E-state index contributed by atoms with van der Waals surface area (Å²) in [6, 6.07) is 0. The van der Waals surface area contributed by atoms with Crippen molar-refractivity contribution in [2.45, 2.75) is 64.9 Å². The molecule has 1 unspecified atom stereocenters. The van der Waals surface area contributed by atoms with Gasteiger partial charge in [0.05, 0.1) is 11.3 Å². The van der Waals surface area contributed by atoms with E-state index in [-0.39, 0.29) is 24.4 Å². The van der Waals surface area contributed by atoms with Gasteiger partial charge < -0.3 is 15.4 Å². The molecule has 0 radical (unpaired) electrons. The van der Waals surface area contributed by atoms with E-state index in [1.165, 1.54) is 29.7 Å². The second-order valence-corrected chi connectivity index (χ2v) is 8.99. The SMILES string of the molecule is CCC(=O)N1CCCC(C(=O)OCc2nc(N)c3c4c(sc3n2)CCCCC4)C1. The highest BCUT2D eigenvalue weighted by atomic mass is 32.1. The monoisotopic (exact) mass is 416 g/mol. The predicted octanol–water partition coefficient (Wildman–Crippen LogP) is 3.23. The number of carbonyl (C=O) groups is 2. The molecule has 2 aromatic rings. The Bertz CT molecular complexity index is 926. The van der Waals surface area contributed by atoms with E-state index < -0.39 is 0 Å². The Morgan fingerprint density at radius 1 is 1.21 bits per heavy atom. The van der Waals surface area contributed by atoms with Crippen molar-refractivity contribution in [3.8, 4) is 0 Å². The quantitative estimate of drug-likeness (QED) is 0.607. The lowest BCUT2D eigenvalue weighted by molar-refractivity contribution is -0.153. The fourth-order valence-electron chi connectivity index (χ4n) is 4.35. The number of likely N-dealkylation sites (tertiary alicyclic amines) is 1. The molecule has 1 aliphatic carbocycles. The highest BCUT2D eigenvalue weighted by Gasteiger charge is 2.29. The highest BCUT2D eigenvalue weighted by molar-refractivity contribution is 7.19. The van der Waals surface area contributed by atoms with Gasteiger partial charge in [-0.2, -0.15) is 0 Å². The summed E-state index contributed by atoms with van der Waals surface area (Å²) in [6.45, 7) is 3.01. The Morgan fingerprint density at radius 2 is 2.03 bits per heavy atom. The fraction of sp³-hybridized carbons (Fsp3) is 0.619. The van der Waals surface area contributed by atoms with Crippen LogP contribution >= 0.6 is 11.3 Å². The Hall–Kier alpha value is -2.22.